The number of hydrogen-bond donors (Lipinski definition) is 0. The van der Waals surface area contributed by atoms with Gasteiger partial charge in [0.25, 0.3) is 0 Å². The van der Waals surface area contributed by atoms with Crippen LogP contribution in [0.3, 0.4) is 0 Å². The van der Waals surface area contributed by atoms with E-state index in [0.29, 0.717) is 89.6 Å². The van der Waals surface area contributed by atoms with Crippen LogP contribution in [0.5, 0.6) is 17.2 Å². The summed E-state index contributed by atoms with van der Waals surface area (Å²) >= 11 is 0. The highest BCUT2D eigenvalue weighted by atomic mass is 32.2. The molecular formula is C45H61NO15S. The van der Waals surface area contributed by atoms with E-state index in [1.807, 2.05) is 18.4 Å². The summed E-state index contributed by atoms with van der Waals surface area (Å²) < 4.78 is 94.8. The van der Waals surface area contributed by atoms with Crippen LogP contribution < -0.4 is 18.8 Å². The van der Waals surface area contributed by atoms with Crippen LogP contribution in [-0.2, 0) is 49.8 Å². The zero-order chi connectivity index (χ0) is 45.1. The van der Waals surface area contributed by atoms with Gasteiger partial charge in [-0.3, -0.25) is 0 Å². The monoisotopic (exact) mass is 887 g/mol. The van der Waals surface area contributed by atoms with Gasteiger partial charge in [-0.05, 0) is 74.2 Å². The molecule has 0 aliphatic carbocycles. The highest BCUT2D eigenvalue weighted by molar-refractivity contribution is 7.85. The predicted octanol–water partition coefficient (Wildman–Crippen LogP) is 5.51. The molecule has 62 heavy (non-hydrogen) atoms. The molecule has 0 unspecified atom stereocenters. The summed E-state index contributed by atoms with van der Waals surface area (Å²) in [6.07, 6.45) is 0.583. The highest BCUT2D eigenvalue weighted by Crippen LogP contribution is 2.34. The molecule has 0 amide bonds. The van der Waals surface area contributed by atoms with Gasteiger partial charge in [-0.25, -0.2) is 18.0 Å². The zero-order valence-corrected chi connectivity index (χ0v) is 37.7. The Morgan fingerprint density at radius 1 is 0.661 bits per heavy atom. The summed E-state index contributed by atoms with van der Waals surface area (Å²) in [5.41, 5.74) is 2.58. The first kappa shape index (κ1) is 50.2. The Labute approximate surface area is 364 Å². The van der Waals surface area contributed by atoms with Gasteiger partial charge in [-0.1, -0.05) is 13.8 Å². The zero-order valence-electron chi connectivity index (χ0n) is 36.9. The average Bonchev–Trinajstić information content (AvgIpc) is 3.24. The number of aromatic nitrogens is 1. The molecule has 0 radical (unpaired) electrons. The van der Waals surface area contributed by atoms with Crippen LogP contribution in [0.4, 0.5) is 0 Å². The van der Waals surface area contributed by atoms with Gasteiger partial charge in [0, 0.05) is 51.7 Å². The number of aryl methyl sites for hydroxylation is 3. The first-order valence-corrected chi connectivity index (χ1v) is 22.3. The van der Waals surface area contributed by atoms with E-state index in [2.05, 4.69) is 0 Å². The number of pyridine rings is 1. The molecule has 4 aromatic rings. The van der Waals surface area contributed by atoms with Crippen molar-refractivity contribution in [3.8, 4) is 17.2 Å². The topological polar surface area (TPSA) is 188 Å². The molecule has 4 rings (SSSR count). The Kier molecular flexibility index (Phi) is 20.7. The Bertz CT molecular complexity index is 2130. The predicted molar refractivity (Wildman–Crippen MR) is 229 cm³/mol. The number of carbonyl (C=O) groups is 2. The van der Waals surface area contributed by atoms with Crippen LogP contribution >= 0.6 is 0 Å². The van der Waals surface area contributed by atoms with Crippen molar-refractivity contribution in [3.63, 3.8) is 0 Å². The fourth-order valence-corrected chi connectivity index (χ4v) is 7.21. The fraction of sp³-hybridized carbons (Fsp3) is 0.533. The number of benzene rings is 3. The summed E-state index contributed by atoms with van der Waals surface area (Å²) in [4.78, 5) is 27.3. The van der Waals surface area contributed by atoms with Gasteiger partial charge in [0.15, 0.2) is 6.54 Å². The maximum Gasteiger partial charge on any atom is 0.345 e. The minimum absolute atomic E-state index is 0.00274. The fourth-order valence-electron chi connectivity index (χ4n) is 6.72. The number of esters is 2. The van der Waals surface area contributed by atoms with E-state index in [4.69, 9.17) is 47.4 Å². The number of methoxy groups -OCH3 is 3. The van der Waals surface area contributed by atoms with Gasteiger partial charge in [-0.15, -0.1) is 0 Å². The van der Waals surface area contributed by atoms with Crippen LogP contribution in [0, 0.1) is 13.8 Å². The normalized spacial score (nSPS) is 11.8. The molecule has 0 atom stereocenters. The minimum Gasteiger partial charge on any atom is -0.748 e. The molecule has 16 nitrogen and oxygen atoms in total. The molecule has 0 aliphatic heterocycles. The van der Waals surface area contributed by atoms with E-state index in [1.165, 1.54) is 7.11 Å². The van der Waals surface area contributed by atoms with Gasteiger partial charge in [-0.2, -0.15) is 4.57 Å². The Balaban J connectivity index is 1.95. The quantitative estimate of drug-likeness (QED) is 0.0166. The summed E-state index contributed by atoms with van der Waals surface area (Å²) in [7, 11) is -0.0795. The first-order valence-electron chi connectivity index (χ1n) is 20.7. The third kappa shape index (κ3) is 15.1. The lowest BCUT2D eigenvalue weighted by Gasteiger charge is -2.21. The van der Waals surface area contributed by atoms with Crippen molar-refractivity contribution in [2.75, 3.05) is 93.2 Å². The SMILES string of the molecule is CCCOCC(COCCC)Oc1ccc2c(c1)c(C(=O)Oc1c(C)cc(C(=O)OC)cc1C)c1cc(OC(COCCOC)COCCOC)ccc1[n+]2CCCS(=O)(=O)[O-]. The molecule has 0 saturated heterocycles. The molecule has 0 saturated carbocycles. The summed E-state index contributed by atoms with van der Waals surface area (Å²) in [5, 5.41) is 0.811. The molecule has 0 N–H and O–H groups in total. The third-order valence-electron chi connectivity index (χ3n) is 9.49. The lowest BCUT2D eigenvalue weighted by Crippen LogP contribution is -2.37. The summed E-state index contributed by atoms with van der Waals surface area (Å²) in [6, 6.07) is 13.6. The van der Waals surface area contributed by atoms with Crippen molar-refractivity contribution in [2.24, 2.45) is 0 Å². The lowest BCUT2D eigenvalue weighted by atomic mass is 10.0. The molecule has 0 spiro atoms. The largest absolute Gasteiger partial charge is 0.748 e. The maximum atomic E-state index is 14.9. The van der Waals surface area contributed by atoms with Crippen molar-refractivity contribution in [2.45, 2.75) is 65.7 Å². The van der Waals surface area contributed by atoms with E-state index < -0.39 is 40.0 Å². The number of hydrogen-bond acceptors (Lipinski definition) is 15. The van der Waals surface area contributed by atoms with E-state index in [0.717, 1.165) is 12.8 Å². The van der Waals surface area contributed by atoms with Gasteiger partial charge in [0.1, 0.15) is 29.5 Å². The molecule has 1 aromatic heterocycles. The van der Waals surface area contributed by atoms with Crippen molar-refractivity contribution >= 4 is 43.9 Å². The van der Waals surface area contributed by atoms with Gasteiger partial charge >= 0.3 is 11.9 Å². The second-order valence-corrected chi connectivity index (χ2v) is 16.1. The van der Waals surface area contributed by atoms with E-state index in [-0.39, 0.29) is 50.7 Å². The molecule has 0 fully saturated rings. The van der Waals surface area contributed by atoms with Crippen molar-refractivity contribution in [3.05, 3.63) is 70.8 Å². The summed E-state index contributed by atoms with van der Waals surface area (Å²) in [6.45, 7) is 10.9. The molecule has 17 heteroatoms. The van der Waals surface area contributed by atoms with Gasteiger partial charge in [0.2, 0.25) is 11.0 Å². The van der Waals surface area contributed by atoms with Crippen molar-refractivity contribution in [1.29, 1.82) is 0 Å². The number of fused-ring (bicyclic) bond motifs is 2. The Morgan fingerprint density at radius 3 is 1.55 bits per heavy atom. The Hall–Kier alpha value is -4.46. The highest BCUT2D eigenvalue weighted by Gasteiger charge is 2.29. The number of carbonyl (C=O) groups excluding carboxylic acids is 2. The molecular weight excluding hydrogens is 827 g/mol. The van der Waals surface area contributed by atoms with Gasteiger partial charge < -0.3 is 51.9 Å². The second-order valence-electron chi connectivity index (χ2n) is 14.6. The smallest absolute Gasteiger partial charge is 0.345 e. The first-order chi connectivity index (χ1) is 29.8. The maximum absolute atomic E-state index is 14.9. The van der Waals surface area contributed by atoms with E-state index >= 15 is 0 Å². The van der Waals surface area contributed by atoms with Crippen molar-refractivity contribution < 1.29 is 74.5 Å². The molecule has 3 aromatic carbocycles. The molecule has 342 valence electrons. The van der Waals surface area contributed by atoms with Crippen LogP contribution in [0.2, 0.25) is 0 Å². The third-order valence-corrected chi connectivity index (χ3v) is 10.3. The lowest BCUT2D eigenvalue weighted by molar-refractivity contribution is -0.645. The average molecular weight is 888 g/mol. The van der Waals surface area contributed by atoms with Crippen LogP contribution in [-0.4, -0.2) is 130 Å². The standard InChI is InChI=1S/C45H61NO15S/c1-8-16-55-27-36(28-56-17-9-2)59-34-11-13-40-38(25-34)42(45(48)61-43-31(3)23-33(24-32(43)4)44(47)54-7)39-26-35(12-14-41(39)46(40)15-10-22-62(49,50)51)60-37(29-57-20-18-52-5)30-58-21-19-53-6/h11-14,23-26,36-37H,8-10,15-22,27-30H2,1-7H3. The van der Waals surface area contributed by atoms with Crippen LogP contribution in [0.15, 0.2) is 48.5 Å². The van der Waals surface area contributed by atoms with E-state index in [9.17, 15) is 22.6 Å². The van der Waals surface area contributed by atoms with Crippen LogP contribution in [0.1, 0.15) is 65.0 Å². The molecule has 1 heterocycles. The van der Waals surface area contributed by atoms with Gasteiger partial charge in [0.05, 0.1) is 92.0 Å². The number of ether oxygens (including phenoxy) is 10. The second kappa shape index (κ2) is 25.6. The molecule has 0 aliphatic rings. The van der Waals surface area contributed by atoms with Crippen molar-refractivity contribution in [1.82, 2.24) is 0 Å². The minimum atomic E-state index is -4.53. The number of nitrogens with zero attached hydrogens (tertiary/aromatic N) is 1. The van der Waals surface area contributed by atoms with E-state index in [1.54, 1.807) is 76.6 Å². The molecule has 0 bridgehead atoms. The Morgan fingerprint density at radius 2 is 1.13 bits per heavy atom. The van der Waals surface area contributed by atoms with Crippen LogP contribution in [0.25, 0.3) is 21.8 Å². The summed E-state index contributed by atoms with van der Waals surface area (Å²) in [5.74, 6) is -0.818. The number of rotatable bonds is 29.